The molecule has 3 heteroatoms. The first-order chi connectivity index (χ1) is 10.3. The van der Waals surface area contributed by atoms with Crippen molar-refractivity contribution >= 4 is 0 Å². The van der Waals surface area contributed by atoms with Gasteiger partial charge in [-0.2, -0.15) is 5.10 Å². The Labute approximate surface area is 133 Å². The number of H-pyrrole nitrogens is 1. The van der Waals surface area contributed by atoms with Crippen LogP contribution in [0.1, 0.15) is 54.9 Å². The Bertz CT molecular complexity index is 245. The number of rotatable bonds is 0. The molecule has 1 aliphatic heterocycles. The summed E-state index contributed by atoms with van der Waals surface area (Å²) < 4.78 is 0. The summed E-state index contributed by atoms with van der Waals surface area (Å²) in [7, 11) is 2.02. The maximum atomic E-state index is 3.60. The molecular weight excluding hydrogens is 258 g/mol. The highest BCUT2D eigenvalue weighted by Crippen LogP contribution is 1.97. The van der Waals surface area contributed by atoms with Crippen LogP contribution in [-0.4, -0.2) is 22.1 Å². The van der Waals surface area contributed by atoms with Crippen LogP contribution in [-0.2, 0) is 0 Å². The summed E-state index contributed by atoms with van der Waals surface area (Å²) in [6.45, 7) is 17.2. The lowest BCUT2D eigenvalue weighted by molar-refractivity contribution is 0.612. The molecule has 0 bridgehead atoms. The highest BCUT2D eigenvalue weighted by Gasteiger charge is 1.84. The molecular formula is C18H37N3. The van der Waals surface area contributed by atoms with Gasteiger partial charge in [0.05, 0.1) is 0 Å². The fourth-order valence-electron chi connectivity index (χ4n) is 0.798. The normalized spacial score (nSPS) is 9.43. The molecule has 0 fully saturated rings. The summed E-state index contributed by atoms with van der Waals surface area (Å²) >= 11 is 0. The second kappa shape index (κ2) is 36.2. The molecule has 0 spiro atoms. The van der Waals surface area contributed by atoms with Crippen molar-refractivity contribution in [2.45, 2.75) is 54.9 Å². The molecule has 0 saturated heterocycles. The molecule has 1 aromatic heterocycles. The predicted molar refractivity (Wildman–Crippen MR) is 99.2 cm³/mol. The smallest absolute Gasteiger partial charge is 0.0487 e. The van der Waals surface area contributed by atoms with Gasteiger partial charge in [-0.15, -0.1) is 6.58 Å². The molecule has 0 aliphatic carbocycles. The predicted octanol–water partition coefficient (Wildman–Crippen LogP) is 6.03. The van der Waals surface area contributed by atoms with E-state index in [1.165, 1.54) is 0 Å². The first-order valence-electron chi connectivity index (χ1n) is 7.87. The van der Waals surface area contributed by atoms with Gasteiger partial charge in [-0.05, 0) is 31.8 Å². The highest BCUT2D eigenvalue weighted by molar-refractivity contribution is 5.00. The van der Waals surface area contributed by atoms with Crippen molar-refractivity contribution in [3.63, 3.8) is 0 Å². The molecule has 1 aromatic rings. The van der Waals surface area contributed by atoms with Gasteiger partial charge in [0.2, 0.25) is 0 Å². The fourth-order valence-corrected chi connectivity index (χ4v) is 0.798. The zero-order chi connectivity index (χ0) is 17.4. The molecule has 0 saturated carbocycles. The minimum Gasteiger partial charge on any atom is -0.358 e. The third-order valence-corrected chi connectivity index (χ3v) is 1.36. The molecule has 1 N–H and O–H groups in total. The minimum atomic E-state index is 1.09. The van der Waals surface area contributed by atoms with E-state index in [2.05, 4.69) is 41.3 Å². The van der Waals surface area contributed by atoms with E-state index in [4.69, 9.17) is 0 Å². The van der Waals surface area contributed by atoms with E-state index in [0.717, 1.165) is 6.42 Å². The van der Waals surface area contributed by atoms with Crippen molar-refractivity contribution < 1.29 is 0 Å². The molecule has 0 unspecified atom stereocenters. The maximum absolute atomic E-state index is 3.60. The van der Waals surface area contributed by atoms with Crippen molar-refractivity contribution in [1.29, 1.82) is 0 Å². The molecule has 21 heavy (non-hydrogen) atoms. The van der Waals surface area contributed by atoms with Crippen molar-refractivity contribution in [3.8, 4) is 0 Å². The van der Waals surface area contributed by atoms with E-state index in [1.54, 1.807) is 18.5 Å². The Morgan fingerprint density at radius 2 is 1.48 bits per heavy atom. The Morgan fingerprint density at radius 1 is 1.05 bits per heavy atom. The standard InChI is InChI=1S/C6H9N.C3H4N2.C3H6.3C2H6/c1-7-5-3-2-4-6-7;1-2-4-5-3-1;1-3-2;3*1-2/h3-6H,2H2,1H3;1-3H,(H,4,5);3H,1H2,2H3;3*1-2H3. The molecule has 0 radical (unpaired) electrons. The second-order valence-corrected chi connectivity index (χ2v) is 2.85. The van der Waals surface area contributed by atoms with E-state index < -0.39 is 0 Å². The van der Waals surface area contributed by atoms with Crippen molar-refractivity contribution in [3.05, 3.63) is 55.7 Å². The number of allylic oxidation sites excluding steroid dienone is 3. The average Bonchev–Trinajstić information content (AvgIpc) is 3.14. The van der Waals surface area contributed by atoms with Gasteiger partial charge >= 0.3 is 0 Å². The number of aromatic amines is 1. The van der Waals surface area contributed by atoms with Gasteiger partial charge < -0.3 is 4.90 Å². The van der Waals surface area contributed by atoms with Crippen LogP contribution in [0.3, 0.4) is 0 Å². The van der Waals surface area contributed by atoms with Gasteiger partial charge in [0, 0.05) is 19.4 Å². The lowest BCUT2D eigenvalue weighted by atomic mass is 10.3. The van der Waals surface area contributed by atoms with Crippen molar-refractivity contribution in [2.75, 3.05) is 7.05 Å². The van der Waals surface area contributed by atoms with Crippen molar-refractivity contribution in [2.24, 2.45) is 0 Å². The molecule has 0 aromatic carbocycles. The van der Waals surface area contributed by atoms with Gasteiger partial charge in [-0.3, -0.25) is 5.10 Å². The minimum absolute atomic E-state index is 1.09. The van der Waals surface area contributed by atoms with Crippen LogP contribution in [0.2, 0.25) is 0 Å². The van der Waals surface area contributed by atoms with Gasteiger partial charge in [-0.25, -0.2) is 0 Å². The third-order valence-electron chi connectivity index (χ3n) is 1.36. The summed E-state index contributed by atoms with van der Waals surface area (Å²) in [5.41, 5.74) is 0. The largest absolute Gasteiger partial charge is 0.358 e. The van der Waals surface area contributed by atoms with Gasteiger partial charge in [0.1, 0.15) is 0 Å². The van der Waals surface area contributed by atoms with Gasteiger partial charge in [-0.1, -0.05) is 59.8 Å². The molecule has 2 heterocycles. The van der Waals surface area contributed by atoms with E-state index in [1.807, 2.05) is 66.5 Å². The quantitative estimate of drug-likeness (QED) is 0.592. The number of nitrogens with one attached hydrogen (secondary N) is 1. The van der Waals surface area contributed by atoms with Crippen LogP contribution in [0.25, 0.3) is 0 Å². The molecule has 3 nitrogen and oxygen atoms in total. The zero-order valence-corrected chi connectivity index (χ0v) is 15.4. The summed E-state index contributed by atoms with van der Waals surface area (Å²) in [5, 5.41) is 6.21. The Balaban J connectivity index is -0.0000000919. The first-order valence-corrected chi connectivity index (χ1v) is 7.87. The fraction of sp³-hybridized carbons (Fsp3) is 0.500. The summed E-state index contributed by atoms with van der Waals surface area (Å²) in [6, 6.07) is 1.83. The lowest BCUT2D eigenvalue weighted by Crippen LogP contribution is -2.01. The average molecular weight is 296 g/mol. The zero-order valence-electron chi connectivity index (χ0n) is 15.4. The molecule has 1 aliphatic rings. The van der Waals surface area contributed by atoms with E-state index >= 15 is 0 Å². The summed E-state index contributed by atoms with van der Waals surface area (Å²) in [4.78, 5) is 2.03. The maximum Gasteiger partial charge on any atom is 0.0487 e. The monoisotopic (exact) mass is 295 g/mol. The van der Waals surface area contributed by atoms with Crippen LogP contribution in [0.15, 0.2) is 55.7 Å². The molecule has 0 amide bonds. The number of aromatic nitrogens is 2. The lowest BCUT2D eigenvalue weighted by Gasteiger charge is -2.08. The molecule has 0 atom stereocenters. The van der Waals surface area contributed by atoms with E-state index in [9.17, 15) is 0 Å². The second-order valence-electron chi connectivity index (χ2n) is 2.85. The Morgan fingerprint density at radius 3 is 1.62 bits per heavy atom. The first kappa shape index (κ1) is 27.6. The number of hydrogen-bond donors (Lipinski definition) is 1. The SMILES string of the molecule is C=CC.CC.CC.CC.CN1C=CCC=C1.c1cn[nH]c1. The van der Waals surface area contributed by atoms with Gasteiger partial charge in [0.25, 0.3) is 0 Å². The third kappa shape index (κ3) is 38.1. The molecule has 2 rings (SSSR count). The van der Waals surface area contributed by atoms with Crippen LogP contribution >= 0.6 is 0 Å². The van der Waals surface area contributed by atoms with Crippen molar-refractivity contribution in [1.82, 2.24) is 15.1 Å². The summed E-state index contributed by atoms with van der Waals surface area (Å²) in [5.74, 6) is 0. The van der Waals surface area contributed by atoms with E-state index in [0.29, 0.717) is 0 Å². The van der Waals surface area contributed by atoms with Crippen LogP contribution in [0.5, 0.6) is 0 Å². The van der Waals surface area contributed by atoms with Crippen LogP contribution in [0.4, 0.5) is 0 Å². The molecule has 124 valence electrons. The Kier molecular flexibility index (Phi) is 47.5. The van der Waals surface area contributed by atoms with Crippen LogP contribution < -0.4 is 0 Å². The number of hydrogen-bond acceptors (Lipinski definition) is 2. The number of nitrogens with zero attached hydrogens (tertiary/aromatic N) is 2. The van der Waals surface area contributed by atoms with E-state index in [-0.39, 0.29) is 0 Å². The highest BCUT2D eigenvalue weighted by atomic mass is 15.1. The topological polar surface area (TPSA) is 31.9 Å². The summed E-state index contributed by atoms with van der Waals surface area (Å²) in [6.07, 6.45) is 14.7. The van der Waals surface area contributed by atoms with Gasteiger partial charge in [0.15, 0.2) is 0 Å². The Hall–Kier alpha value is -1.77. The van der Waals surface area contributed by atoms with Crippen LogP contribution in [0, 0.1) is 0 Å².